The van der Waals surface area contributed by atoms with Gasteiger partial charge in [0.25, 0.3) is 0 Å². The molecule has 0 saturated heterocycles. The van der Waals surface area contributed by atoms with Crippen molar-refractivity contribution in [3.63, 3.8) is 0 Å². The van der Waals surface area contributed by atoms with E-state index in [1.54, 1.807) is 18.0 Å². The quantitative estimate of drug-likeness (QED) is 0.491. The van der Waals surface area contributed by atoms with E-state index in [0.717, 1.165) is 5.06 Å². The van der Waals surface area contributed by atoms with E-state index in [-0.39, 0.29) is 0 Å². The Hall–Kier alpha value is -0.150. The zero-order valence-corrected chi connectivity index (χ0v) is 3.98. The van der Waals surface area contributed by atoms with Crippen LogP contribution in [-0.4, -0.2) is 16.1 Å². The molecule has 1 aliphatic heterocycles. The van der Waals surface area contributed by atoms with Gasteiger partial charge in [-0.3, -0.25) is 10.3 Å². The Bertz CT molecular complexity index is 73.2. The average molecular weight is 103 g/mol. The molecule has 0 aromatic carbocycles. The maximum absolute atomic E-state index is 8.45. The summed E-state index contributed by atoms with van der Waals surface area (Å²) < 4.78 is 0. The van der Waals surface area contributed by atoms with Crippen LogP contribution in [0.2, 0.25) is 0 Å². The van der Waals surface area contributed by atoms with Crippen LogP contribution >= 0.6 is 11.8 Å². The minimum absolute atomic E-state index is 0.681. The van der Waals surface area contributed by atoms with E-state index >= 15 is 0 Å². The van der Waals surface area contributed by atoms with Gasteiger partial charge >= 0.3 is 0 Å². The minimum atomic E-state index is 0.681. The summed E-state index contributed by atoms with van der Waals surface area (Å²) in [5.74, 6) is 0.681. The molecule has 0 aliphatic carbocycles. The van der Waals surface area contributed by atoms with Gasteiger partial charge in [-0.1, -0.05) is 0 Å². The Labute approximate surface area is 40.4 Å². The summed E-state index contributed by atoms with van der Waals surface area (Å²) in [4.78, 5) is 0. The first-order chi connectivity index (χ1) is 2.89. The molecule has 1 N–H and O–H groups in total. The predicted molar refractivity (Wildman–Crippen MR) is 25.2 cm³/mol. The highest BCUT2D eigenvalue weighted by molar-refractivity contribution is 8.02. The van der Waals surface area contributed by atoms with Crippen molar-refractivity contribution in [3.05, 3.63) is 11.6 Å². The lowest BCUT2D eigenvalue weighted by Gasteiger charge is -1.98. The summed E-state index contributed by atoms with van der Waals surface area (Å²) in [5.41, 5.74) is 0. The van der Waals surface area contributed by atoms with Gasteiger partial charge in [0.2, 0.25) is 0 Å². The first-order valence-electron chi connectivity index (χ1n) is 1.63. The molecule has 0 spiro atoms. The van der Waals surface area contributed by atoms with Gasteiger partial charge in [0.15, 0.2) is 0 Å². The monoisotopic (exact) mass is 103 g/mol. The summed E-state index contributed by atoms with van der Waals surface area (Å²) >= 11 is 1.58. The van der Waals surface area contributed by atoms with E-state index in [9.17, 15) is 0 Å². The number of hydrogen-bond donors (Lipinski definition) is 1. The fourth-order valence-electron chi connectivity index (χ4n) is 0.276. The summed E-state index contributed by atoms with van der Waals surface area (Å²) in [7, 11) is 0. The van der Waals surface area contributed by atoms with Crippen molar-refractivity contribution < 1.29 is 5.21 Å². The van der Waals surface area contributed by atoms with Gasteiger partial charge in [0, 0.05) is 6.20 Å². The number of hydrogen-bond acceptors (Lipinski definition) is 3. The molecule has 0 radical (unpaired) electrons. The zero-order chi connectivity index (χ0) is 4.41. The molecular weight excluding hydrogens is 98.1 g/mol. The molecular formula is C3H5NOS. The molecule has 2 nitrogen and oxygen atoms in total. The Morgan fingerprint density at radius 2 is 2.67 bits per heavy atom. The normalized spacial score (nSPS) is 19.8. The molecule has 6 heavy (non-hydrogen) atoms. The molecule has 0 unspecified atom stereocenters. The van der Waals surface area contributed by atoms with Crippen molar-refractivity contribution in [1.29, 1.82) is 0 Å². The number of thioether (sulfide) groups is 1. The lowest BCUT2D eigenvalue weighted by Crippen LogP contribution is -2.03. The molecule has 3 heteroatoms. The lowest BCUT2D eigenvalue weighted by atomic mass is 11.0. The van der Waals surface area contributed by atoms with Crippen molar-refractivity contribution in [2.24, 2.45) is 0 Å². The Morgan fingerprint density at radius 1 is 1.83 bits per heavy atom. The summed E-state index contributed by atoms with van der Waals surface area (Å²) in [6.07, 6.45) is 1.63. The molecule has 0 saturated carbocycles. The largest absolute Gasteiger partial charge is 0.288 e. The third kappa shape index (κ3) is 0.666. The van der Waals surface area contributed by atoms with Gasteiger partial charge in [-0.25, -0.2) is 0 Å². The second kappa shape index (κ2) is 1.53. The van der Waals surface area contributed by atoms with Crippen molar-refractivity contribution in [2.75, 3.05) is 5.88 Å². The fourth-order valence-corrected chi connectivity index (χ4v) is 0.827. The van der Waals surface area contributed by atoms with E-state index in [0.29, 0.717) is 5.88 Å². The summed E-state index contributed by atoms with van der Waals surface area (Å²) in [6.45, 7) is 0. The highest BCUT2D eigenvalue weighted by Gasteiger charge is 1.95. The molecule has 0 amide bonds. The van der Waals surface area contributed by atoms with Crippen LogP contribution in [0.3, 0.4) is 0 Å². The van der Waals surface area contributed by atoms with Gasteiger partial charge in [-0.05, 0) is 5.41 Å². The molecule has 0 fully saturated rings. The Balaban J connectivity index is 2.38. The predicted octanol–water partition coefficient (Wildman–Crippen LogP) is 0.853. The molecule has 0 atom stereocenters. The van der Waals surface area contributed by atoms with Crippen molar-refractivity contribution >= 4 is 11.8 Å². The second-order valence-corrected chi connectivity index (χ2v) is 1.88. The molecule has 34 valence electrons. The van der Waals surface area contributed by atoms with E-state index in [1.807, 2.05) is 5.41 Å². The van der Waals surface area contributed by atoms with Gasteiger partial charge < -0.3 is 0 Å². The fraction of sp³-hybridized carbons (Fsp3) is 0.333. The van der Waals surface area contributed by atoms with E-state index < -0.39 is 0 Å². The first-order valence-corrected chi connectivity index (χ1v) is 2.68. The highest BCUT2D eigenvalue weighted by atomic mass is 32.2. The summed E-state index contributed by atoms with van der Waals surface area (Å²) in [5, 5.41) is 11.4. The molecule has 1 aliphatic rings. The summed E-state index contributed by atoms with van der Waals surface area (Å²) in [6, 6.07) is 0. The van der Waals surface area contributed by atoms with Gasteiger partial charge in [-0.2, -0.15) is 0 Å². The molecule has 0 aromatic rings. The number of rotatable bonds is 0. The van der Waals surface area contributed by atoms with Crippen LogP contribution < -0.4 is 0 Å². The Morgan fingerprint density at radius 3 is 2.83 bits per heavy atom. The topological polar surface area (TPSA) is 23.5 Å². The van der Waals surface area contributed by atoms with E-state index in [4.69, 9.17) is 5.21 Å². The molecule has 0 aromatic heterocycles. The number of hydroxylamine groups is 2. The van der Waals surface area contributed by atoms with Crippen LogP contribution in [0.4, 0.5) is 0 Å². The molecule has 1 rings (SSSR count). The third-order valence-electron chi connectivity index (χ3n) is 0.536. The van der Waals surface area contributed by atoms with Crippen LogP contribution in [0.15, 0.2) is 11.6 Å². The maximum atomic E-state index is 8.45. The third-order valence-corrected chi connectivity index (χ3v) is 1.26. The Kier molecular flexibility index (Phi) is 1.03. The van der Waals surface area contributed by atoms with Crippen molar-refractivity contribution in [1.82, 2.24) is 5.06 Å². The van der Waals surface area contributed by atoms with Gasteiger partial charge in [-0.15, -0.1) is 11.8 Å². The van der Waals surface area contributed by atoms with Crippen LogP contribution in [0.25, 0.3) is 0 Å². The van der Waals surface area contributed by atoms with Crippen LogP contribution in [0.1, 0.15) is 0 Å². The standard InChI is InChI=1S/C3H5NOS/c5-4-1-2-6-3-4/h1-2,5H,3H2. The number of nitrogens with zero attached hydrogens (tertiary/aromatic N) is 1. The van der Waals surface area contributed by atoms with Crippen LogP contribution in [-0.2, 0) is 0 Å². The molecule has 0 bridgehead atoms. The zero-order valence-electron chi connectivity index (χ0n) is 3.16. The van der Waals surface area contributed by atoms with E-state index in [2.05, 4.69) is 0 Å². The minimum Gasteiger partial charge on any atom is -0.288 e. The van der Waals surface area contributed by atoms with E-state index in [1.165, 1.54) is 0 Å². The second-order valence-electron chi connectivity index (χ2n) is 1.02. The SMILES string of the molecule is ON1C=CSC1. The van der Waals surface area contributed by atoms with Crippen LogP contribution in [0, 0.1) is 0 Å². The van der Waals surface area contributed by atoms with Crippen molar-refractivity contribution in [3.8, 4) is 0 Å². The maximum Gasteiger partial charge on any atom is 0.0941 e. The smallest absolute Gasteiger partial charge is 0.0941 e. The van der Waals surface area contributed by atoms with Gasteiger partial charge in [0.05, 0.1) is 5.88 Å². The molecule has 1 heterocycles. The van der Waals surface area contributed by atoms with Gasteiger partial charge in [0.1, 0.15) is 0 Å². The average Bonchev–Trinajstić information content (AvgIpc) is 1.86. The van der Waals surface area contributed by atoms with Crippen molar-refractivity contribution in [2.45, 2.75) is 0 Å². The van der Waals surface area contributed by atoms with Crippen LogP contribution in [0.5, 0.6) is 0 Å². The lowest BCUT2D eigenvalue weighted by molar-refractivity contribution is -0.0173. The first kappa shape index (κ1) is 4.02. The highest BCUT2D eigenvalue weighted by Crippen LogP contribution is 2.11.